The minimum atomic E-state index is -4.55. The Kier molecular flexibility index (Phi) is 6.19. The lowest BCUT2D eigenvalue weighted by molar-refractivity contribution is -0.140. The predicted octanol–water partition coefficient (Wildman–Crippen LogP) is 5.90. The molecule has 1 aromatic carbocycles. The van der Waals surface area contributed by atoms with Gasteiger partial charge in [0.15, 0.2) is 0 Å². The molecule has 0 radical (unpaired) electrons. The number of hydrogen-bond donors (Lipinski definition) is 1. The van der Waals surface area contributed by atoms with E-state index in [4.69, 9.17) is 4.74 Å². The number of nitrogens with one attached hydrogen (secondary N) is 1. The molecule has 0 saturated heterocycles. The van der Waals surface area contributed by atoms with Crippen LogP contribution >= 0.6 is 0 Å². The third-order valence-corrected chi connectivity index (χ3v) is 4.67. The second-order valence-corrected chi connectivity index (χ2v) is 6.82. The number of anilines is 2. The maximum atomic E-state index is 13.3. The third kappa shape index (κ3) is 5.11. The minimum absolute atomic E-state index is 0.109. The van der Waals surface area contributed by atoms with E-state index in [-0.39, 0.29) is 17.9 Å². The van der Waals surface area contributed by atoms with Crippen molar-refractivity contribution in [3.63, 3.8) is 0 Å². The molecule has 1 heterocycles. The van der Waals surface area contributed by atoms with Crippen molar-refractivity contribution in [2.24, 2.45) is 0 Å². The Morgan fingerprint density at radius 2 is 1.89 bits per heavy atom. The monoisotopic (exact) mass is 379 g/mol. The first-order valence-corrected chi connectivity index (χ1v) is 9.43. The highest BCUT2D eigenvalue weighted by atomic mass is 19.4. The predicted molar refractivity (Wildman–Crippen MR) is 98.3 cm³/mol. The molecule has 0 amide bonds. The number of alkyl halides is 3. The Balaban J connectivity index is 1.87. The summed E-state index contributed by atoms with van der Waals surface area (Å²) in [4.78, 5) is 7.94. The second kappa shape index (κ2) is 8.59. The van der Waals surface area contributed by atoms with E-state index in [2.05, 4.69) is 22.2 Å². The third-order valence-electron chi connectivity index (χ3n) is 4.67. The molecule has 1 fully saturated rings. The molecule has 0 unspecified atom stereocenters. The van der Waals surface area contributed by atoms with Gasteiger partial charge in [0, 0.05) is 11.9 Å². The van der Waals surface area contributed by atoms with Gasteiger partial charge >= 0.3 is 6.18 Å². The summed E-state index contributed by atoms with van der Waals surface area (Å²) in [6, 6.07) is 7.65. The van der Waals surface area contributed by atoms with Gasteiger partial charge in [0.25, 0.3) is 0 Å². The van der Waals surface area contributed by atoms with Gasteiger partial charge in [-0.2, -0.15) is 18.2 Å². The van der Waals surface area contributed by atoms with Gasteiger partial charge in [-0.05, 0) is 43.7 Å². The summed E-state index contributed by atoms with van der Waals surface area (Å²) in [6.07, 6.45) is 2.37. The van der Waals surface area contributed by atoms with E-state index in [1.807, 2.05) is 24.3 Å². The van der Waals surface area contributed by atoms with Crippen LogP contribution in [0.3, 0.4) is 0 Å². The number of aromatic nitrogens is 2. The summed E-state index contributed by atoms with van der Waals surface area (Å²) < 4.78 is 45.7. The normalized spacial score (nSPS) is 15.6. The molecule has 0 bridgehead atoms. The van der Waals surface area contributed by atoms with Crippen molar-refractivity contribution >= 4 is 11.6 Å². The zero-order valence-electron chi connectivity index (χ0n) is 15.4. The van der Waals surface area contributed by atoms with Crippen molar-refractivity contribution < 1.29 is 17.9 Å². The number of nitrogens with zero attached hydrogens (tertiary/aromatic N) is 2. The number of halogens is 3. The summed E-state index contributed by atoms with van der Waals surface area (Å²) in [6.45, 7) is 2.07. The van der Waals surface area contributed by atoms with Crippen molar-refractivity contribution in [3.05, 3.63) is 41.6 Å². The minimum Gasteiger partial charge on any atom is -0.474 e. The zero-order valence-corrected chi connectivity index (χ0v) is 15.4. The molecular formula is C20H24F3N3O. The van der Waals surface area contributed by atoms with Crippen LogP contribution in [0.15, 0.2) is 30.5 Å². The molecule has 27 heavy (non-hydrogen) atoms. The lowest BCUT2D eigenvalue weighted by atomic mass is 9.98. The van der Waals surface area contributed by atoms with E-state index in [0.717, 1.165) is 62.4 Å². The Morgan fingerprint density at radius 1 is 1.15 bits per heavy atom. The van der Waals surface area contributed by atoms with E-state index in [1.165, 1.54) is 0 Å². The highest BCUT2D eigenvalue weighted by molar-refractivity contribution is 5.59. The first-order chi connectivity index (χ1) is 13.0. The molecule has 146 valence electrons. The number of hydrogen-bond acceptors (Lipinski definition) is 4. The molecule has 2 aromatic rings. The fourth-order valence-corrected chi connectivity index (χ4v) is 3.30. The average molecular weight is 379 g/mol. The number of benzene rings is 1. The molecule has 1 aliphatic carbocycles. The largest absolute Gasteiger partial charge is 0.474 e. The Hall–Kier alpha value is -2.31. The van der Waals surface area contributed by atoms with Crippen LogP contribution in [0.2, 0.25) is 0 Å². The molecule has 4 nitrogen and oxygen atoms in total. The van der Waals surface area contributed by atoms with Gasteiger partial charge in [-0.3, -0.25) is 0 Å². The summed E-state index contributed by atoms with van der Waals surface area (Å²) in [7, 11) is 0. The van der Waals surface area contributed by atoms with Crippen LogP contribution in [0, 0.1) is 0 Å². The van der Waals surface area contributed by atoms with Crippen molar-refractivity contribution in [2.75, 3.05) is 5.32 Å². The van der Waals surface area contributed by atoms with Gasteiger partial charge in [-0.1, -0.05) is 38.0 Å². The Morgan fingerprint density at radius 3 is 2.59 bits per heavy atom. The summed E-state index contributed by atoms with van der Waals surface area (Å²) in [5, 5.41) is 3.04. The Labute approximate surface area is 157 Å². The lowest BCUT2D eigenvalue weighted by Gasteiger charge is -2.24. The van der Waals surface area contributed by atoms with Crippen LogP contribution in [-0.4, -0.2) is 16.1 Å². The maximum Gasteiger partial charge on any atom is 0.423 e. The topological polar surface area (TPSA) is 47.0 Å². The first-order valence-electron chi connectivity index (χ1n) is 9.43. The molecule has 3 rings (SSSR count). The van der Waals surface area contributed by atoms with E-state index in [9.17, 15) is 13.2 Å². The SMILES string of the molecule is CCCc1ccccc1Nc1ncc(C(F)(F)F)c(OC2CCCCC2)n1. The zero-order chi connectivity index (χ0) is 19.3. The quantitative estimate of drug-likeness (QED) is 0.678. The number of aryl methyl sites for hydroxylation is 1. The van der Waals surface area contributed by atoms with Gasteiger partial charge in [-0.15, -0.1) is 0 Å². The van der Waals surface area contributed by atoms with Crippen LogP contribution in [-0.2, 0) is 12.6 Å². The van der Waals surface area contributed by atoms with Crippen LogP contribution in [0.1, 0.15) is 56.6 Å². The lowest BCUT2D eigenvalue weighted by Crippen LogP contribution is -2.22. The highest BCUT2D eigenvalue weighted by Crippen LogP contribution is 2.37. The molecule has 1 N–H and O–H groups in total. The van der Waals surface area contributed by atoms with E-state index in [1.54, 1.807) is 0 Å². The van der Waals surface area contributed by atoms with Crippen molar-refractivity contribution in [2.45, 2.75) is 64.1 Å². The van der Waals surface area contributed by atoms with Crippen molar-refractivity contribution in [1.82, 2.24) is 9.97 Å². The van der Waals surface area contributed by atoms with Gasteiger partial charge in [0.2, 0.25) is 11.8 Å². The smallest absolute Gasteiger partial charge is 0.423 e. The van der Waals surface area contributed by atoms with Crippen LogP contribution in [0.5, 0.6) is 5.88 Å². The first kappa shape index (κ1) is 19.5. The number of para-hydroxylation sites is 1. The summed E-state index contributed by atoms with van der Waals surface area (Å²) in [5.74, 6) is -0.280. The standard InChI is InChI=1S/C20H24F3N3O/c1-2-8-14-9-6-7-12-17(14)25-19-24-13-16(20(21,22)23)18(26-19)27-15-10-4-3-5-11-15/h6-7,9,12-13,15H,2-5,8,10-11H2,1H3,(H,24,25,26). The van der Waals surface area contributed by atoms with Gasteiger partial charge < -0.3 is 10.1 Å². The fourth-order valence-electron chi connectivity index (χ4n) is 3.30. The molecule has 0 aliphatic heterocycles. The van der Waals surface area contributed by atoms with Crippen LogP contribution in [0.25, 0.3) is 0 Å². The van der Waals surface area contributed by atoms with E-state index >= 15 is 0 Å². The number of ether oxygens (including phenoxy) is 1. The molecule has 1 aromatic heterocycles. The van der Waals surface area contributed by atoms with Crippen molar-refractivity contribution in [1.29, 1.82) is 0 Å². The number of rotatable bonds is 6. The fraction of sp³-hybridized carbons (Fsp3) is 0.500. The second-order valence-electron chi connectivity index (χ2n) is 6.82. The summed E-state index contributed by atoms with van der Waals surface area (Å²) in [5.41, 5.74) is 0.932. The van der Waals surface area contributed by atoms with E-state index < -0.39 is 11.7 Å². The van der Waals surface area contributed by atoms with Crippen molar-refractivity contribution in [3.8, 4) is 5.88 Å². The van der Waals surface area contributed by atoms with Gasteiger partial charge in [-0.25, -0.2) is 4.98 Å². The molecule has 1 aliphatic rings. The van der Waals surface area contributed by atoms with Gasteiger partial charge in [0.1, 0.15) is 11.7 Å². The maximum absolute atomic E-state index is 13.3. The summed E-state index contributed by atoms with van der Waals surface area (Å²) >= 11 is 0. The molecule has 0 spiro atoms. The average Bonchev–Trinajstić information content (AvgIpc) is 2.64. The molecular weight excluding hydrogens is 355 g/mol. The van der Waals surface area contributed by atoms with E-state index in [0.29, 0.717) is 0 Å². The molecule has 1 saturated carbocycles. The Bertz CT molecular complexity index is 758. The molecule has 0 atom stereocenters. The van der Waals surface area contributed by atoms with Crippen LogP contribution < -0.4 is 10.1 Å². The van der Waals surface area contributed by atoms with Gasteiger partial charge in [0.05, 0.1) is 0 Å². The van der Waals surface area contributed by atoms with Crippen LogP contribution in [0.4, 0.5) is 24.8 Å². The highest BCUT2D eigenvalue weighted by Gasteiger charge is 2.37. The molecule has 7 heteroatoms.